The Kier molecular flexibility index (Phi) is 5.21. The van der Waals surface area contributed by atoms with E-state index in [9.17, 15) is 9.70 Å². The fraction of sp³-hybridized carbons (Fsp3) is 0.235. The fourth-order valence-corrected chi connectivity index (χ4v) is 2.44. The Morgan fingerprint density at radius 1 is 0.905 bits per heavy atom. The number of carboxylic acids is 1. The lowest BCUT2D eigenvalue weighted by Crippen LogP contribution is -2.18. The summed E-state index contributed by atoms with van der Waals surface area (Å²) in [5.74, 6) is -1.10. The second-order valence-electron chi connectivity index (χ2n) is 4.91. The van der Waals surface area contributed by atoms with Gasteiger partial charge in [-0.1, -0.05) is 65.8 Å². The largest absolute Gasteiger partial charge is 0.480 e. The summed E-state index contributed by atoms with van der Waals surface area (Å²) < 4.78 is 0. The van der Waals surface area contributed by atoms with E-state index in [1.165, 1.54) is 0 Å². The summed E-state index contributed by atoms with van der Waals surface area (Å²) in [7, 11) is 0. The van der Waals surface area contributed by atoms with Gasteiger partial charge in [-0.15, -0.1) is 4.91 Å². The van der Waals surface area contributed by atoms with Crippen LogP contribution < -0.4 is 0 Å². The van der Waals surface area contributed by atoms with Crippen LogP contribution in [0.2, 0.25) is 0 Å². The number of carboxylic acid groups (broad SMARTS) is 1. The van der Waals surface area contributed by atoms with Crippen LogP contribution >= 0.6 is 0 Å². The molecule has 4 nitrogen and oxygen atoms in total. The van der Waals surface area contributed by atoms with Crippen molar-refractivity contribution in [2.45, 2.75) is 24.8 Å². The molecule has 0 saturated heterocycles. The molecule has 108 valence electrons. The summed E-state index contributed by atoms with van der Waals surface area (Å²) in [6.45, 7) is 0. The number of aliphatic carboxylic acids is 1. The number of rotatable bonds is 7. The van der Waals surface area contributed by atoms with E-state index in [4.69, 9.17) is 5.11 Å². The Bertz CT molecular complexity index is 544. The first-order valence-corrected chi connectivity index (χ1v) is 6.87. The van der Waals surface area contributed by atoms with Crippen molar-refractivity contribution >= 4 is 5.97 Å². The molecule has 0 spiro atoms. The summed E-state index contributed by atoms with van der Waals surface area (Å²) in [4.78, 5) is 21.5. The molecule has 0 bridgehead atoms. The lowest BCUT2D eigenvalue weighted by molar-refractivity contribution is -0.138. The van der Waals surface area contributed by atoms with Crippen molar-refractivity contribution in [3.8, 4) is 0 Å². The van der Waals surface area contributed by atoms with Gasteiger partial charge in [0.1, 0.15) is 0 Å². The lowest BCUT2D eigenvalue weighted by Gasteiger charge is -2.18. The Balaban J connectivity index is 2.21. The number of nitroso groups, excluding NO2 is 1. The van der Waals surface area contributed by atoms with Crippen LogP contribution in [0.1, 0.15) is 29.9 Å². The van der Waals surface area contributed by atoms with E-state index < -0.39 is 12.0 Å². The van der Waals surface area contributed by atoms with Gasteiger partial charge >= 0.3 is 5.97 Å². The first-order valence-electron chi connectivity index (χ1n) is 6.87. The molecule has 21 heavy (non-hydrogen) atoms. The summed E-state index contributed by atoms with van der Waals surface area (Å²) in [6, 6.07) is 18.6. The van der Waals surface area contributed by atoms with Crippen molar-refractivity contribution in [3.05, 3.63) is 76.7 Å². The van der Waals surface area contributed by atoms with Crippen LogP contribution in [0.4, 0.5) is 0 Å². The highest BCUT2D eigenvalue weighted by atomic mass is 16.4. The number of nitrogens with zero attached hydrogens (tertiary/aromatic N) is 1. The molecule has 0 aliphatic carbocycles. The third-order valence-corrected chi connectivity index (χ3v) is 3.54. The van der Waals surface area contributed by atoms with Crippen LogP contribution in [-0.4, -0.2) is 17.1 Å². The smallest absolute Gasteiger partial charge is 0.332 e. The standard InChI is InChI=1S/C17H17NO3/c19-17(20)16(18-21)12-11-15(13-7-3-1-4-8-13)14-9-5-2-6-10-14/h1-10,15-16H,11-12H2,(H,19,20). The fourth-order valence-electron chi connectivity index (χ4n) is 2.44. The molecule has 0 fully saturated rings. The molecule has 1 unspecified atom stereocenters. The summed E-state index contributed by atoms with van der Waals surface area (Å²) in [6.07, 6.45) is 0.796. The first-order chi connectivity index (χ1) is 10.2. The highest BCUT2D eigenvalue weighted by molar-refractivity contribution is 5.73. The van der Waals surface area contributed by atoms with E-state index in [1.54, 1.807) is 0 Å². The van der Waals surface area contributed by atoms with E-state index in [0.717, 1.165) is 11.1 Å². The van der Waals surface area contributed by atoms with Gasteiger partial charge in [0.05, 0.1) is 0 Å². The molecule has 2 rings (SSSR count). The number of carbonyl (C=O) groups is 1. The molecule has 0 heterocycles. The van der Waals surface area contributed by atoms with Crippen molar-refractivity contribution in [3.63, 3.8) is 0 Å². The van der Waals surface area contributed by atoms with Gasteiger partial charge < -0.3 is 5.11 Å². The highest BCUT2D eigenvalue weighted by Crippen LogP contribution is 2.29. The predicted octanol–water partition coefficient (Wildman–Crippen LogP) is 3.82. The van der Waals surface area contributed by atoms with Gasteiger partial charge in [0, 0.05) is 5.92 Å². The molecule has 2 aromatic carbocycles. The van der Waals surface area contributed by atoms with E-state index in [1.807, 2.05) is 60.7 Å². The van der Waals surface area contributed by atoms with Gasteiger partial charge in [0.25, 0.3) is 0 Å². The van der Waals surface area contributed by atoms with E-state index >= 15 is 0 Å². The number of hydrogen-bond donors (Lipinski definition) is 1. The van der Waals surface area contributed by atoms with Gasteiger partial charge in [0.15, 0.2) is 6.04 Å². The van der Waals surface area contributed by atoms with Crippen LogP contribution in [0, 0.1) is 4.91 Å². The Hall–Kier alpha value is -2.49. The molecule has 0 saturated carbocycles. The zero-order valence-electron chi connectivity index (χ0n) is 11.6. The zero-order chi connectivity index (χ0) is 15.1. The van der Waals surface area contributed by atoms with Crippen molar-refractivity contribution in [1.29, 1.82) is 0 Å². The second-order valence-corrected chi connectivity index (χ2v) is 4.91. The lowest BCUT2D eigenvalue weighted by atomic mass is 9.86. The molecule has 0 amide bonds. The monoisotopic (exact) mass is 283 g/mol. The molecule has 2 aromatic rings. The highest BCUT2D eigenvalue weighted by Gasteiger charge is 2.21. The van der Waals surface area contributed by atoms with Crippen LogP contribution in [0.5, 0.6) is 0 Å². The quantitative estimate of drug-likeness (QED) is 0.785. The van der Waals surface area contributed by atoms with E-state index in [-0.39, 0.29) is 12.3 Å². The van der Waals surface area contributed by atoms with Gasteiger partial charge in [-0.3, -0.25) is 0 Å². The number of hydrogen-bond acceptors (Lipinski definition) is 3. The zero-order valence-corrected chi connectivity index (χ0v) is 11.6. The van der Waals surface area contributed by atoms with Crippen molar-refractivity contribution in [2.75, 3.05) is 0 Å². The summed E-state index contributed by atoms with van der Waals surface area (Å²) >= 11 is 0. The van der Waals surface area contributed by atoms with Gasteiger partial charge in [-0.25, -0.2) is 4.79 Å². The molecular weight excluding hydrogens is 266 g/mol. The Morgan fingerprint density at radius 3 is 1.76 bits per heavy atom. The minimum absolute atomic E-state index is 0.0657. The van der Waals surface area contributed by atoms with E-state index in [0.29, 0.717) is 6.42 Å². The maximum atomic E-state index is 10.9. The van der Waals surface area contributed by atoms with E-state index in [2.05, 4.69) is 5.18 Å². The van der Waals surface area contributed by atoms with Crippen LogP contribution in [-0.2, 0) is 4.79 Å². The second kappa shape index (κ2) is 7.33. The third-order valence-electron chi connectivity index (χ3n) is 3.54. The molecule has 1 atom stereocenters. The minimum Gasteiger partial charge on any atom is -0.480 e. The maximum Gasteiger partial charge on any atom is 0.332 e. The maximum absolute atomic E-state index is 10.9. The van der Waals surface area contributed by atoms with Crippen LogP contribution in [0.3, 0.4) is 0 Å². The molecule has 1 N–H and O–H groups in total. The molecule has 0 aliphatic rings. The number of benzene rings is 2. The summed E-state index contributed by atoms with van der Waals surface area (Å²) in [5.41, 5.74) is 2.22. The Labute approximate surface area is 123 Å². The average molecular weight is 283 g/mol. The predicted molar refractivity (Wildman–Crippen MR) is 81.2 cm³/mol. The minimum atomic E-state index is -1.18. The molecule has 0 aliphatic heterocycles. The molecule has 0 aromatic heterocycles. The van der Waals surface area contributed by atoms with Crippen molar-refractivity contribution in [1.82, 2.24) is 0 Å². The van der Waals surface area contributed by atoms with Gasteiger partial charge in [-0.05, 0) is 24.0 Å². The SMILES string of the molecule is O=NC(CCC(c1ccccc1)c1ccccc1)C(=O)O. The van der Waals surface area contributed by atoms with Gasteiger partial charge in [0.2, 0.25) is 0 Å². The van der Waals surface area contributed by atoms with Gasteiger partial charge in [-0.2, -0.15) is 0 Å². The van der Waals surface area contributed by atoms with Crippen molar-refractivity contribution in [2.24, 2.45) is 5.18 Å². The first kappa shape index (κ1) is 14.9. The van der Waals surface area contributed by atoms with Crippen LogP contribution in [0.15, 0.2) is 65.8 Å². The van der Waals surface area contributed by atoms with Crippen LogP contribution in [0.25, 0.3) is 0 Å². The molecule has 4 heteroatoms. The topological polar surface area (TPSA) is 66.7 Å². The average Bonchev–Trinajstić information content (AvgIpc) is 2.53. The van der Waals surface area contributed by atoms with Crippen molar-refractivity contribution < 1.29 is 9.90 Å². The molecular formula is C17H17NO3. The normalized spacial score (nSPS) is 12.0. The Morgan fingerprint density at radius 2 is 1.38 bits per heavy atom. The summed E-state index contributed by atoms with van der Waals surface area (Å²) in [5, 5.41) is 11.6. The third kappa shape index (κ3) is 3.99. The molecule has 0 radical (unpaired) electrons.